The quantitative estimate of drug-likeness (QED) is 0.111. The zero-order valence-corrected chi connectivity index (χ0v) is 21.9. The van der Waals surface area contributed by atoms with Crippen molar-refractivity contribution in [1.82, 2.24) is 15.2 Å². The summed E-state index contributed by atoms with van der Waals surface area (Å²) in [5.41, 5.74) is -0.762. The molecule has 2 unspecified atom stereocenters. The number of carboxylic acid groups (broad SMARTS) is 1. The number of halogens is 1. The molecule has 37 heavy (non-hydrogen) atoms. The number of Topliss-reactive ketones (excluding diaryl/α,β-unsaturated/α-hetero) is 1. The zero-order valence-electron chi connectivity index (χ0n) is 19.5. The Balaban J connectivity index is 1.82. The van der Waals surface area contributed by atoms with Gasteiger partial charge in [0.2, 0.25) is 5.91 Å². The monoisotopic (exact) mass is 573 g/mol. The van der Waals surface area contributed by atoms with E-state index in [2.05, 4.69) is 20.8 Å². The molecule has 1 fully saturated rings. The lowest BCUT2D eigenvalue weighted by molar-refractivity contribution is -0.152. The van der Waals surface area contributed by atoms with Crippen LogP contribution in [0.1, 0.15) is 19.5 Å². The summed E-state index contributed by atoms with van der Waals surface area (Å²) in [4.78, 5) is 82.7. The molecule has 0 bridgehead atoms. The van der Waals surface area contributed by atoms with Crippen LogP contribution in [0.5, 0.6) is 0 Å². The first-order valence-electron chi connectivity index (χ1n) is 10.3. The molecule has 0 saturated carbocycles. The van der Waals surface area contributed by atoms with Crippen molar-refractivity contribution in [1.29, 1.82) is 0 Å². The van der Waals surface area contributed by atoms with Crippen LogP contribution < -0.4 is 10.6 Å². The fraction of sp³-hybridized carbons (Fsp3) is 0.400. The minimum absolute atomic E-state index is 0.0368. The first-order valence-corrected chi connectivity index (χ1v) is 12.8. The van der Waals surface area contributed by atoms with Gasteiger partial charge in [-0.15, -0.1) is 34.7 Å². The maximum Gasteiger partial charge on any atom is 0.352 e. The van der Waals surface area contributed by atoms with Gasteiger partial charge in [-0.3, -0.25) is 28.9 Å². The summed E-state index contributed by atoms with van der Waals surface area (Å²) in [6.45, 7) is 2.21. The van der Waals surface area contributed by atoms with E-state index in [1.165, 1.54) is 12.5 Å². The second-order valence-corrected chi connectivity index (χ2v) is 9.71. The van der Waals surface area contributed by atoms with Gasteiger partial charge in [-0.1, -0.05) is 5.16 Å². The van der Waals surface area contributed by atoms with Crippen LogP contribution in [0.15, 0.2) is 21.8 Å². The molecular weight excluding hydrogens is 554 g/mol. The zero-order chi connectivity index (χ0) is 27.4. The molecule has 1 saturated heterocycles. The van der Waals surface area contributed by atoms with Gasteiger partial charge in [0.15, 0.2) is 22.7 Å². The summed E-state index contributed by atoms with van der Waals surface area (Å²) >= 11 is 7.54. The molecule has 0 aliphatic carbocycles. The van der Waals surface area contributed by atoms with Gasteiger partial charge in [-0.05, 0) is 6.92 Å². The lowest BCUT2D eigenvalue weighted by Gasteiger charge is -2.49. The largest absolute Gasteiger partial charge is 0.477 e. The number of thioether (sulfide) groups is 1. The number of nitrogens with one attached hydrogen (secondary N) is 2. The van der Waals surface area contributed by atoms with Gasteiger partial charge in [-0.2, -0.15) is 0 Å². The number of nitrogens with zero attached hydrogens (tertiary/aromatic N) is 3. The molecule has 3 N–H and O–H groups in total. The van der Waals surface area contributed by atoms with Gasteiger partial charge in [0.05, 0.1) is 0 Å². The number of hydrogen-bond acceptors (Lipinski definition) is 12. The van der Waals surface area contributed by atoms with Crippen LogP contribution in [0.4, 0.5) is 5.13 Å². The highest BCUT2D eigenvalue weighted by atomic mass is 35.5. The van der Waals surface area contributed by atoms with E-state index in [4.69, 9.17) is 21.2 Å². The number of anilines is 1. The van der Waals surface area contributed by atoms with E-state index in [1.54, 1.807) is 0 Å². The predicted molar refractivity (Wildman–Crippen MR) is 131 cm³/mol. The molecule has 17 heteroatoms. The molecule has 2 aliphatic rings. The number of ether oxygens (including phenoxy) is 1. The molecule has 14 nitrogen and oxygen atoms in total. The third-order valence-corrected chi connectivity index (χ3v) is 7.27. The first kappa shape index (κ1) is 28.1. The lowest BCUT2D eigenvalue weighted by Crippen LogP contribution is -2.71. The van der Waals surface area contributed by atoms with Crippen LogP contribution in [-0.2, 0) is 38.3 Å². The third-order valence-electron chi connectivity index (χ3n) is 4.97. The Labute approximate surface area is 222 Å². The van der Waals surface area contributed by atoms with Crippen LogP contribution in [0.2, 0.25) is 0 Å². The van der Waals surface area contributed by atoms with E-state index in [-0.39, 0.29) is 33.7 Å². The Morgan fingerprint density at radius 2 is 2.03 bits per heavy atom. The van der Waals surface area contributed by atoms with Crippen molar-refractivity contribution < 1.29 is 43.4 Å². The van der Waals surface area contributed by atoms with E-state index >= 15 is 0 Å². The Morgan fingerprint density at radius 1 is 1.32 bits per heavy atom. The van der Waals surface area contributed by atoms with Crippen LogP contribution in [0.25, 0.3) is 0 Å². The number of aliphatic carboxylic acids is 1. The fourth-order valence-electron chi connectivity index (χ4n) is 3.51. The maximum absolute atomic E-state index is 13.0. The maximum atomic E-state index is 13.0. The van der Waals surface area contributed by atoms with Crippen molar-refractivity contribution in [3.8, 4) is 0 Å². The van der Waals surface area contributed by atoms with E-state index < -0.39 is 58.7 Å². The number of rotatable bonds is 10. The summed E-state index contributed by atoms with van der Waals surface area (Å²) in [6.07, 6.45) is -1.46. The summed E-state index contributed by atoms with van der Waals surface area (Å²) in [7, 11) is 1.20. The lowest BCUT2D eigenvalue weighted by atomic mass is 9.98. The number of alkyl halides is 1. The van der Waals surface area contributed by atoms with Gasteiger partial charge in [0.1, 0.15) is 35.8 Å². The van der Waals surface area contributed by atoms with E-state index in [1.807, 2.05) is 0 Å². The molecule has 3 heterocycles. The number of fused-ring (bicyclic) bond motifs is 1. The summed E-state index contributed by atoms with van der Waals surface area (Å²) in [5.74, 6) is -5.33. The van der Waals surface area contributed by atoms with E-state index in [0.717, 1.165) is 41.8 Å². The average Bonchev–Trinajstić information content (AvgIpc) is 3.30. The second kappa shape index (κ2) is 11.7. The van der Waals surface area contributed by atoms with Gasteiger partial charge in [-0.25, -0.2) is 9.78 Å². The number of oxime groups is 1. The number of β-lactam (4-membered cyclic amide) rings is 1. The number of carbonyl (C=O) groups excluding carboxylic acids is 5. The van der Waals surface area contributed by atoms with Crippen molar-refractivity contribution in [2.24, 2.45) is 5.16 Å². The molecule has 198 valence electrons. The second-order valence-electron chi connectivity index (χ2n) is 7.48. The summed E-state index contributed by atoms with van der Waals surface area (Å²) < 4.78 is 5.01. The number of esters is 1. The highest BCUT2D eigenvalue weighted by Gasteiger charge is 2.55. The number of ketones is 1. The molecular formula is C20H20ClN5O9S2. The Hall–Kier alpha value is -3.50. The Bertz CT molecular complexity index is 1230. The number of aromatic nitrogens is 1. The van der Waals surface area contributed by atoms with Gasteiger partial charge < -0.3 is 25.3 Å². The number of amides is 3. The van der Waals surface area contributed by atoms with Crippen molar-refractivity contribution in [3.63, 3.8) is 0 Å². The highest BCUT2D eigenvalue weighted by molar-refractivity contribution is 8.00. The number of carbonyl (C=O) groups is 6. The first-order chi connectivity index (χ1) is 17.5. The number of hydrogen-bond donors (Lipinski definition) is 3. The van der Waals surface area contributed by atoms with Crippen molar-refractivity contribution in [2.75, 3.05) is 24.1 Å². The summed E-state index contributed by atoms with van der Waals surface area (Å²) in [5, 5.41) is 19.2. The molecule has 1 aromatic rings. The summed E-state index contributed by atoms with van der Waals surface area (Å²) in [6, 6.07) is -1.13. The Morgan fingerprint density at radius 3 is 2.59 bits per heavy atom. The van der Waals surface area contributed by atoms with Crippen molar-refractivity contribution in [3.05, 3.63) is 22.3 Å². The van der Waals surface area contributed by atoms with Gasteiger partial charge in [0, 0.05) is 23.6 Å². The molecule has 0 radical (unpaired) electrons. The molecule has 1 aromatic heterocycles. The van der Waals surface area contributed by atoms with Crippen molar-refractivity contribution >= 4 is 81.0 Å². The predicted octanol–water partition coefficient (Wildman–Crippen LogP) is -0.0698. The standard InChI is InChI=1S/C20H20ClN5O9S2/c1-7(27)15(35-8(2)28)9-5-36-18-13(17(31)26(18)14(9)19(32)33)24-16(30)12(25-34-3)10-6-37-20(22-10)23-11(29)4-21/h6,13,15,18H,4-5H2,1-3H3,(H,24,30)(H,32,33)(H,22,23,29)/t13?,15?,18-/m0/s1. The normalized spacial score (nSPS) is 19.8. The van der Waals surface area contributed by atoms with Gasteiger partial charge in [0.25, 0.3) is 11.8 Å². The SMILES string of the molecule is CON=C(C(=O)NC1C(=O)N2C(C(=O)O)=C(C(OC(C)=O)C(C)=O)CS[C@@H]12)c1csc(NC(=O)CCl)n1. The van der Waals surface area contributed by atoms with Crippen LogP contribution >= 0.6 is 34.7 Å². The van der Waals surface area contributed by atoms with Crippen LogP contribution in [-0.4, -0.2) is 92.4 Å². The molecule has 0 aromatic carbocycles. The molecule has 0 spiro atoms. The third kappa shape index (κ3) is 5.91. The van der Waals surface area contributed by atoms with Crippen LogP contribution in [0.3, 0.4) is 0 Å². The minimum atomic E-state index is -1.49. The molecule has 3 rings (SSSR count). The number of carboxylic acids is 1. The van der Waals surface area contributed by atoms with Crippen LogP contribution in [0, 0.1) is 0 Å². The smallest absolute Gasteiger partial charge is 0.352 e. The highest BCUT2D eigenvalue weighted by Crippen LogP contribution is 2.41. The molecule has 3 amide bonds. The van der Waals surface area contributed by atoms with E-state index in [0.29, 0.717) is 0 Å². The molecule has 3 atom stereocenters. The average molecular weight is 574 g/mol. The van der Waals surface area contributed by atoms with E-state index in [9.17, 15) is 33.9 Å². The Kier molecular flexibility index (Phi) is 8.88. The fourth-order valence-corrected chi connectivity index (χ4v) is 5.66. The number of thiazole rings is 1. The van der Waals surface area contributed by atoms with Crippen molar-refractivity contribution in [2.45, 2.75) is 31.4 Å². The topological polar surface area (TPSA) is 194 Å². The molecule has 2 aliphatic heterocycles. The van der Waals surface area contributed by atoms with Gasteiger partial charge >= 0.3 is 11.9 Å². The minimum Gasteiger partial charge on any atom is -0.477 e.